The lowest BCUT2D eigenvalue weighted by atomic mass is 10.2. The average molecular weight is 330 g/mol. The molecule has 90 valence electrons. The van der Waals surface area contributed by atoms with Gasteiger partial charge in [0.1, 0.15) is 0 Å². The van der Waals surface area contributed by atoms with Crippen LogP contribution in [0.3, 0.4) is 0 Å². The van der Waals surface area contributed by atoms with E-state index in [-0.39, 0.29) is 5.75 Å². The minimum Gasteiger partial charge on any atom is -0.493 e. The Morgan fingerprint density at radius 3 is 2.38 bits per heavy atom. The number of methoxy groups -OCH3 is 2. The van der Waals surface area contributed by atoms with E-state index in [1.165, 1.54) is 14.2 Å². The van der Waals surface area contributed by atoms with Crippen LogP contribution in [-0.4, -0.2) is 22.6 Å². The highest BCUT2D eigenvalue weighted by Crippen LogP contribution is 2.36. The predicted octanol–water partition coefficient (Wildman–Crippen LogP) is 2.53. The van der Waals surface area contributed by atoms with Crippen LogP contribution in [0.4, 0.5) is 0 Å². The largest absolute Gasteiger partial charge is 0.493 e. The Labute approximate surface area is 107 Å². The first-order valence-corrected chi connectivity index (χ1v) is 7.47. The fourth-order valence-corrected chi connectivity index (χ4v) is 2.85. The van der Waals surface area contributed by atoms with Gasteiger partial charge in [0.15, 0.2) is 11.5 Å². The molecule has 0 amide bonds. The van der Waals surface area contributed by atoms with Gasteiger partial charge in [0, 0.05) is 10.7 Å². The molecule has 0 aliphatic rings. The average Bonchev–Trinajstić information content (AvgIpc) is 2.14. The van der Waals surface area contributed by atoms with E-state index in [9.17, 15) is 8.42 Å². The highest BCUT2D eigenvalue weighted by molar-refractivity contribution is 9.10. The summed E-state index contributed by atoms with van der Waals surface area (Å²) >= 11 is 3.26. The molecular formula is C9H10BrClO4S. The highest BCUT2D eigenvalue weighted by atomic mass is 79.9. The summed E-state index contributed by atoms with van der Waals surface area (Å²) in [5.74, 6) is 0.707. The summed E-state index contributed by atoms with van der Waals surface area (Å²) in [6.45, 7) is 0. The quantitative estimate of drug-likeness (QED) is 0.797. The Morgan fingerprint density at radius 1 is 1.31 bits per heavy atom. The van der Waals surface area contributed by atoms with Crippen LogP contribution >= 0.6 is 26.6 Å². The molecule has 1 aromatic carbocycles. The lowest BCUT2D eigenvalue weighted by Gasteiger charge is -2.11. The van der Waals surface area contributed by atoms with E-state index >= 15 is 0 Å². The van der Waals surface area contributed by atoms with Crippen LogP contribution in [0.5, 0.6) is 11.5 Å². The summed E-state index contributed by atoms with van der Waals surface area (Å²) in [6.07, 6.45) is 0. The van der Waals surface area contributed by atoms with Crippen LogP contribution in [0.15, 0.2) is 16.6 Å². The van der Waals surface area contributed by atoms with Gasteiger partial charge in [-0.2, -0.15) is 0 Å². The van der Waals surface area contributed by atoms with Crippen molar-refractivity contribution >= 4 is 35.7 Å². The van der Waals surface area contributed by atoms with Crippen LogP contribution in [0.25, 0.3) is 0 Å². The Morgan fingerprint density at radius 2 is 1.94 bits per heavy atom. The lowest BCUT2D eigenvalue weighted by molar-refractivity contribution is 0.353. The minimum absolute atomic E-state index is 0.256. The van der Waals surface area contributed by atoms with Gasteiger partial charge in [-0.3, -0.25) is 0 Å². The molecule has 0 fully saturated rings. The topological polar surface area (TPSA) is 52.6 Å². The minimum atomic E-state index is -3.58. The Kier molecular flexibility index (Phi) is 4.46. The number of hydrogen-bond acceptors (Lipinski definition) is 4. The summed E-state index contributed by atoms with van der Waals surface area (Å²) < 4.78 is 32.7. The van der Waals surface area contributed by atoms with Crippen LogP contribution in [0, 0.1) is 0 Å². The van der Waals surface area contributed by atoms with Crippen LogP contribution in [-0.2, 0) is 14.8 Å². The second kappa shape index (κ2) is 5.25. The summed E-state index contributed by atoms with van der Waals surface area (Å²) in [7, 11) is 4.57. The third-order valence-corrected chi connectivity index (χ3v) is 3.43. The molecule has 16 heavy (non-hydrogen) atoms. The maximum Gasteiger partial charge on any atom is 0.236 e. The van der Waals surface area contributed by atoms with Gasteiger partial charge < -0.3 is 9.47 Å². The van der Waals surface area contributed by atoms with Crippen molar-refractivity contribution in [2.45, 2.75) is 5.75 Å². The third kappa shape index (κ3) is 3.54. The molecular weight excluding hydrogens is 320 g/mol. The normalized spacial score (nSPS) is 11.2. The van der Waals surface area contributed by atoms with Gasteiger partial charge in [0.05, 0.1) is 24.4 Å². The number of halogens is 2. The van der Waals surface area contributed by atoms with E-state index in [1.54, 1.807) is 12.1 Å². The van der Waals surface area contributed by atoms with Crippen molar-refractivity contribution in [2.75, 3.05) is 14.2 Å². The Hall–Kier alpha value is -0.460. The maximum absolute atomic E-state index is 10.9. The van der Waals surface area contributed by atoms with E-state index in [1.807, 2.05) is 0 Å². The molecule has 0 aliphatic carbocycles. The zero-order valence-electron chi connectivity index (χ0n) is 8.66. The number of benzene rings is 1. The van der Waals surface area contributed by atoms with E-state index in [0.717, 1.165) is 0 Å². The maximum atomic E-state index is 10.9. The van der Waals surface area contributed by atoms with Gasteiger partial charge in [-0.1, -0.05) is 0 Å². The molecule has 0 atom stereocenters. The molecule has 0 unspecified atom stereocenters. The first kappa shape index (κ1) is 13.6. The molecule has 0 aliphatic heterocycles. The first-order valence-electron chi connectivity index (χ1n) is 4.20. The van der Waals surface area contributed by atoms with Crippen molar-refractivity contribution in [2.24, 2.45) is 0 Å². The van der Waals surface area contributed by atoms with Crippen LogP contribution < -0.4 is 9.47 Å². The number of hydrogen-bond donors (Lipinski definition) is 0. The first-order chi connectivity index (χ1) is 7.37. The van der Waals surface area contributed by atoms with Gasteiger partial charge in [-0.15, -0.1) is 0 Å². The second-order valence-corrected chi connectivity index (χ2v) is 6.63. The molecule has 0 N–H and O–H groups in total. The highest BCUT2D eigenvalue weighted by Gasteiger charge is 2.14. The van der Waals surface area contributed by atoms with Crippen LogP contribution in [0.1, 0.15) is 5.56 Å². The molecule has 0 bridgehead atoms. The van der Waals surface area contributed by atoms with Crippen LogP contribution in [0.2, 0.25) is 0 Å². The van der Waals surface area contributed by atoms with Gasteiger partial charge in [0.2, 0.25) is 9.05 Å². The summed E-state index contributed by atoms with van der Waals surface area (Å²) in [6, 6.07) is 3.20. The fourth-order valence-electron chi connectivity index (χ4n) is 1.25. The lowest BCUT2D eigenvalue weighted by Crippen LogP contribution is -1.98. The predicted molar refractivity (Wildman–Crippen MR) is 65.7 cm³/mol. The molecule has 0 spiro atoms. The molecule has 0 heterocycles. The standard InChI is InChI=1S/C9H10BrClO4S/c1-14-8-4-6(5-16(11,12)13)3-7(10)9(8)15-2/h3-4H,5H2,1-2H3. The van der Waals surface area contributed by atoms with E-state index in [4.69, 9.17) is 20.2 Å². The van der Waals surface area contributed by atoms with E-state index in [0.29, 0.717) is 21.5 Å². The number of ether oxygens (including phenoxy) is 2. The molecule has 0 saturated carbocycles. The van der Waals surface area contributed by atoms with Crippen molar-refractivity contribution < 1.29 is 17.9 Å². The molecule has 1 rings (SSSR count). The summed E-state index contributed by atoms with van der Waals surface area (Å²) in [4.78, 5) is 0. The molecule has 1 aromatic rings. The van der Waals surface area contributed by atoms with Gasteiger partial charge in [-0.05, 0) is 33.6 Å². The fraction of sp³-hybridized carbons (Fsp3) is 0.333. The smallest absolute Gasteiger partial charge is 0.236 e. The van der Waals surface area contributed by atoms with E-state index in [2.05, 4.69) is 15.9 Å². The SMILES string of the molecule is COc1cc(CS(=O)(=O)Cl)cc(Br)c1OC. The molecule has 0 radical (unpaired) electrons. The molecule has 7 heteroatoms. The van der Waals surface area contributed by atoms with Crippen molar-refractivity contribution in [1.29, 1.82) is 0 Å². The van der Waals surface area contributed by atoms with Crippen molar-refractivity contribution in [3.8, 4) is 11.5 Å². The summed E-state index contributed by atoms with van der Waals surface area (Å²) in [5, 5.41) is 0. The van der Waals surface area contributed by atoms with Gasteiger partial charge >= 0.3 is 0 Å². The molecule has 0 aromatic heterocycles. The Balaban J connectivity index is 3.20. The van der Waals surface area contributed by atoms with Crippen molar-refractivity contribution in [1.82, 2.24) is 0 Å². The zero-order chi connectivity index (χ0) is 12.3. The van der Waals surface area contributed by atoms with Gasteiger partial charge in [0.25, 0.3) is 0 Å². The molecule has 4 nitrogen and oxygen atoms in total. The van der Waals surface area contributed by atoms with Gasteiger partial charge in [-0.25, -0.2) is 8.42 Å². The Bertz CT molecular complexity index is 487. The zero-order valence-corrected chi connectivity index (χ0v) is 11.8. The monoisotopic (exact) mass is 328 g/mol. The van der Waals surface area contributed by atoms with Crippen molar-refractivity contribution in [3.05, 3.63) is 22.2 Å². The number of rotatable bonds is 4. The third-order valence-electron chi connectivity index (χ3n) is 1.83. The second-order valence-electron chi connectivity index (χ2n) is 3.00. The summed E-state index contributed by atoms with van der Waals surface area (Å²) in [5.41, 5.74) is 0.527. The van der Waals surface area contributed by atoms with E-state index < -0.39 is 9.05 Å². The molecule has 0 saturated heterocycles. The van der Waals surface area contributed by atoms with Crippen molar-refractivity contribution in [3.63, 3.8) is 0 Å².